The van der Waals surface area contributed by atoms with Gasteiger partial charge in [-0.1, -0.05) is 0 Å². The third-order valence-electron chi connectivity index (χ3n) is 1.88. The van der Waals surface area contributed by atoms with E-state index in [9.17, 15) is 9.90 Å². The van der Waals surface area contributed by atoms with Crippen molar-refractivity contribution in [3.8, 4) is 11.5 Å². The minimum Gasteiger partial charge on any atom is -0.504 e. The van der Waals surface area contributed by atoms with E-state index in [0.29, 0.717) is 0 Å². The number of aromatic nitrogens is 3. The zero-order chi connectivity index (χ0) is 11.5. The van der Waals surface area contributed by atoms with Crippen molar-refractivity contribution in [2.75, 3.05) is 5.32 Å². The van der Waals surface area contributed by atoms with Crippen LogP contribution in [0.3, 0.4) is 0 Å². The fourth-order valence-corrected chi connectivity index (χ4v) is 1.11. The maximum atomic E-state index is 11.6. The number of H-pyrrole nitrogens is 1. The molecule has 4 N–H and O–H groups in total. The number of nitrogens with zero attached hydrogens (tertiary/aromatic N) is 2. The minimum atomic E-state index is -0.466. The molecule has 0 radical (unpaired) electrons. The largest absolute Gasteiger partial charge is 0.504 e. The van der Waals surface area contributed by atoms with E-state index < -0.39 is 5.91 Å². The van der Waals surface area contributed by atoms with E-state index in [1.165, 1.54) is 18.5 Å². The molecule has 0 aliphatic rings. The molecular weight excluding hydrogens is 212 g/mol. The molecule has 7 nitrogen and oxygen atoms in total. The number of hydrogen-bond acceptors (Lipinski definition) is 5. The number of anilines is 1. The lowest BCUT2D eigenvalue weighted by molar-refractivity contribution is 0.102. The second-order valence-corrected chi connectivity index (χ2v) is 2.99. The predicted octanol–water partition coefficient (Wildman–Crippen LogP) is 0.468. The standard InChI is InChI=1S/C9H8N4O3/c14-6-2-1-5(3-7(6)15)8(16)12-9-10-4-11-13-9/h1-4,14-15H,(H2,10,11,12,13,16). The van der Waals surface area contributed by atoms with Gasteiger partial charge in [0.1, 0.15) is 6.33 Å². The van der Waals surface area contributed by atoms with Gasteiger partial charge in [0.15, 0.2) is 11.5 Å². The molecule has 0 unspecified atom stereocenters. The Balaban J connectivity index is 2.18. The van der Waals surface area contributed by atoms with Gasteiger partial charge in [0.2, 0.25) is 5.95 Å². The van der Waals surface area contributed by atoms with E-state index in [-0.39, 0.29) is 23.0 Å². The number of amides is 1. The summed E-state index contributed by atoms with van der Waals surface area (Å²) in [5, 5.41) is 26.7. The van der Waals surface area contributed by atoms with Crippen LogP contribution in [0.5, 0.6) is 11.5 Å². The van der Waals surface area contributed by atoms with Crippen molar-refractivity contribution in [2.45, 2.75) is 0 Å². The molecule has 1 aromatic heterocycles. The Morgan fingerprint density at radius 3 is 2.75 bits per heavy atom. The van der Waals surface area contributed by atoms with Crippen molar-refractivity contribution < 1.29 is 15.0 Å². The van der Waals surface area contributed by atoms with Crippen molar-refractivity contribution in [1.82, 2.24) is 15.2 Å². The number of carbonyl (C=O) groups excluding carboxylic acids is 1. The van der Waals surface area contributed by atoms with Gasteiger partial charge >= 0.3 is 0 Å². The van der Waals surface area contributed by atoms with Crippen molar-refractivity contribution in [2.24, 2.45) is 0 Å². The van der Waals surface area contributed by atoms with Crippen LogP contribution in [-0.2, 0) is 0 Å². The van der Waals surface area contributed by atoms with Gasteiger partial charge in [-0.05, 0) is 18.2 Å². The molecule has 0 spiro atoms. The first kappa shape index (κ1) is 9.97. The van der Waals surface area contributed by atoms with Crippen LogP contribution in [0.4, 0.5) is 5.95 Å². The first-order valence-corrected chi connectivity index (χ1v) is 4.35. The summed E-state index contributed by atoms with van der Waals surface area (Å²) in [4.78, 5) is 15.3. The molecule has 2 rings (SSSR count). The number of phenolic OH excluding ortho intramolecular Hbond substituents is 2. The monoisotopic (exact) mass is 220 g/mol. The van der Waals surface area contributed by atoms with Crippen LogP contribution in [0.1, 0.15) is 10.4 Å². The first-order chi connectivity index (χ1) is 7.66. The average molecular weight is 220 g/mol. The number of nitrogens with one attached hydrogen (secondary N) is 2. The van der Waals surface area contributed by atoms with Gasteiger partial charge in [0, 0.05) is 5.56 Å². The van der Waals surface area contributed by atoms with Gasteiger partial charge in [-0.15, -0.1) is 0 Å². The summed E-state index contributed by atoms with van der Waals surface area (Å²) in [6.45, 7) is 0. The van der Waals surface area contributed by atoms with Gasteiger partial charge < -0.3 is 10.2 Å². The molecule has 0 fully saturated rings. The summed E-state index contributed by atoms with van der Waals surface area (Å²) in [5.41, 5.74) is 0.201. The van der Waals surface area contributed by atoms with E-state index in [0.717, 1.165) is 6.07 Å². The maximum Gasteiger partial charge on any atom is 0.258 e. The Bertz CT molecular complexity index is 509. The van der Waals surface area contributed by atoms with Gasteiger partial charge in [-0.25, -0.2) is 5.10 Å². The van der Waals surface area contributed by atoms with E-state index in [1.807, 2.05) is 0 Å². The molecule has 0 saturated heterocycles. The van der Waals surface area contributed by atoms with Crippen LogP contribution in [0.2, 0.25) is 0 Å². The van der Waals surface area contributed by atoms with Crippen LogP contribution in [-0.4, -0.2) is 31.3 Å². The first-order valence-electron chi connectivity index (χ1n) is 4.35. The second kappa shape index (κ2) is 3.89. The lowest BCUT2D eigenvalue weighted by Gasteiger charge is -2.02. The van der Waals surface area contributed by atoms with Crippen molar-refractivity contribution in [1.29, 1.82) is 0 Å². The maximum absolute atomic E-state index is 11.6. The molecular formula is C9H8N4O3. The number of aromatic amines is 1. The Morgan fingerprint density at radius 1 is 1.31 bits per heavy atom. The molecule has 0 bridgehead atoms. The van der Waals surface area contributed by atoms with Gasteiger partial charge in [0.05, 0.1) is 0 Å². The summed E-state index contributed by atoms with van der Waals surface area (Å²) in [6, 6.07) is 3.76. The number of hydrogen-bond donors (Lipinski definition) is 4. The van der Waals surface area contributed by atoms with Crippen LogP contribution in [0, 0.1) is 0 Å². The number of phenols is 2. The van der Waals surface area contributed by atoms with Crippen LogP contribution in [0.25, 0.3) is 0 Å². The third kappa shape index (κ3) is 1.92. The summed E-state index contributed by atoms with van der Waals surface area (Å²) >= 11 is 0. The van der Waals surface area contributed by atoms with Crippen molar-refractivity contribution in [3.63, 3.8) is 0 Å². The second-order valence-electron chi connectivity index (χ2n) is 2.99. The van der Waals surface area contributed by atoms with Crippen molar-refractivity contribution in [3.05, 3.63) is 30.1 Å². The minimum absolute atomic E-state index is 0.201. The Kier molecular flexibility index (Phi) is 2.42. The molecule has 16 heavy (non-hydrogen) atoms. The summed E-state index contributed by atoms with van der Waals surface area (Å²) < 4.78 is 0. The molecule has 1 aromatic carbocycles. The molecule has 1 amide bonds. The highest BCUT2D eigenvalue weighted by Gasteiger charge is 2.09. The number of carbonyl (C=O) groups is 1. The van der Waals surface area contributed by atoms with E-state index in [4.69, 9.17) is 5.11 Å². The normalized spacial score (nSPS) is 10.0. The number of aromatic hydroxyl groups is 2. The number of benzene rings is 1. The molecule has 2 aromatic rings. The lowest BCUT2D eigenvalue weighted by atomic mass is 10.2. The van der Waals surface area contributed by atoms with Crippen LogP contribution in [0.15, 0.2) is 24.5 Å². The Morgan fingerprint density at radius 2 is 2.12 bits per heavy atom. The van der Waals surface area contributed by atoms with Gasteiger partial charge in [-0.2, -0.15) is 10.1 Å². The highest BCUT2D eigenvalue weighted by molar-refractivity contribution is 6.03. The zero-order valence-corrected chi connectivity index (χ0v) is 8.01. The SMILES string of the molecule is O=C(Nc1ncn[nH]1)c1ccc(O)c(O)c1. The van der Waals surface area contributed by atoms with Crippen molar-refractivity contribution >= 4 is 11.9 Å². The number of rotatable bonds is 2. The summed E-state index contributed by atoms with van der Waals surface area (Å²) in [6.07, 6.45) is 1.25. The molecule has 1 heterocycles. The summed E-state index contributed by atoms with van der Waals surface area (Å²) in [7, 11) is 0. The third-order valence-corrected chi connectivity index (χ3v) is 1.88. The highest BCUT2D eigenvalue weighted by Crippen LogP contribution is 2.24. The lowest BCUT2D eigenvalue weighted by Crippen LogP contribution is -2.12. The van der Waals surface area contributed by atoms with E-state index in [2.05, 4.69) is 20.5 Å². The van der Waals surface area contributed by atoms with Gasteiger partial charge in [-0.3, -0.25) is 10.1 Å². The quantitative estimate of drug-likeness (QED) is 0.549. The molecule has 0 saturated carbocycles. The Labute approximate surface area is 89.8 Å². The molecule has 0 aliphatic carbocycles. The molecule has 0 aliphatic heterocycles. The Hall–Kier alpha value is -2.57. The predicted molar refractivity (Wildman–Crippen MR) is 54.1 cm³/mol. The smallest absolute Gasteiger partial charge is 0.258 e. The summed E-state index contributed by atoms with van der Waals surface area (Å²) in [5.74, 6) is -0.897. The topological polar surface area (TPSA) is 111 Å². The highest BCUT2D eigenvalue weighted by atomic mass is 16.3. The fourth-order valence-electron chi connectivity index (χ4n) is 1.11. The molecule has 82 valence electrons. The zero-order valence-electron chi connectivity index (χ0n) is 8.01. The average Bonchev–Trinajstić information content (AvgIpc) is 2.74. The van der Waals surface area contributed by atoms with Crippen LogP contribution < -0.4 is 5.32 Å². The fraction of sp³-hybridized carbons (Fsp3) is 0. The van der Waals surface area contributed by atoms with E-state index in [1.54, 1.807) is 0 Å². The molecule has 0 atom stereocenters. The van der Waals surface area contributed by atoms with E-state index >= 15 is 0 Å². The van der Waals surface area contributed by atoms with Gasteiger partial charge in [0.25, 0.3) is 5.91 Å². The van der Waals surface area contributed by atoms with Crippen LogP contribution >= 0.6 is 0 Å². The molecule has 7 heteroatoms.